The topological polar surface area (TPSA) is 36.7 Å². The molecule has 0 bridgehead atoms. The number of nitriles is 1. The lowest BCUT2D eigenvalue weighted by Crippen LogP contribution is -1.88. The number of pyridine rings is 1. The normalized spacial score (nSPS) is 11.6. The Morgan fingerprint density at radius 2 is 1.94 bits per heavy atom. The van der Waals surface area contributed by atoms with Crippen LogP contribution in [0.25, 0.3) is 10.6 Å². The molecular formula is C14H8Cl2N2. The summed E-state index contributed by atoms with van der Waals surface area (Å²) in [7, 11) is 0. The van der Waals surface area contributed by atoms with E-state index in [0.29, 0.717) is 26.8 Å². The summed E-state index contributed by atoms with van der Waals surface area (Å²) in [6.45, 7) is 0. The van der Waals surface area contributed by atoms with Gasteiger partial charge in [-0.15, -0.1) is 0 Å². The first-order chi connectivity index (χ1) is 8.74. The van der Waals surface area contributed by atoms with E-state index in [9.17, 15) is 5.26 Å². The van der Waals surface area contributed by atoms with E-state index >= 15 is 0 Å². The highest BCUT2D eigenvalue weighted by molar-refractivity contribution is 6.54. The van der Waals surface area contributed by atoms with Crippen LogP contribution in [0.1, 0.15) is 11.1 Å². The lowest BCUT2D eigenvalue weighted by molar-refractivity contribution is 1.31. The van der Waals surface area contributed by atoms with Gasteiger partial charge in [-0.1, -0.05) is 47.5 Å². The van der Waals surface area contributed by atoms with Gasteiger partial charge in [0.2, 0.25) is 0 Å². The number of benzene rings is 1. The fraction of sp³-hybridized carbons (Fsp3) is 0. The average molecular weight is 275 g/mol. The van der Waals surface area contributed by atoms with Crippen molar-refractivity contribution >= 4 is 33.8 Å². The van der Waals surface area contributed by atoms with E-state index in [-0.39, 0.29) is 0 Å². The molecule has 2 nitrogen and oxygen atoms in total. The quantitative estimate of drug-likeness (QED) is 0.763. The Hall–Kier alpha value is -1.82. The van der Waals surface area contributed by atoms with Crippen LogP contribution in [-0.2, 0) is 0 Å². The third kappa shape index (κ3) is 2.53. The maximum atomic E-state index is 9.24. The minimum atomic E-state index is 0.330. The van der Waals surface area contributed by atoms with Crippen molar-refractivity contribution in [2.24, 2.45) is 0 Å². The van der Waals surface area contributed by atoms with Crippen LogP contribution in [0.3, 0.4) is 0 Å². The first kappa shape index (κ1) is 12.6. The molecule has 0 radical (unpaired) electrons. The van der Waals surface area contributed by atoms with Crippen LogP contribution in [0, 0.1) is 11.3 Å². The van der Waals surface area contributed by atoms with Crippen LogP contribution < -0.4 is 0 Å². The minimum absolute atomic E-state index is 0.330. The van der Waals surface area contributed by atoms with Crippen LogP contribution in [0.5, 0.6) is 0 Å². The monoisotopic (exact) mass is 274 g/mol. The van der Waals surface area contributed by atoms with Crippen molar-refractivity contribution in [3.05, 3.63) is 64.9 Å². The highest BCUT2D eigenvalue weighted by Gasteiger charge is 2.11. The number of halogens is 2. The summed E-state index contributed by atoms with van der Waals surface area (Å²) in [6.07, 6.45) is 3.24. The predicted molar refractivity (Wildman–Crippen MR) is 74.0 cm³/mol. The van der Waals surface area contributed by atoms with Gasteiger partial charge in [0, 0.05) is 28.5 Å². The molecule has 1 aromatic heterocycles. The predicted octanol–water partition coefficient (Wildman–Crippen LogP) is 4.37. The zero-order valence-corrected chi connectivity index (χ0v) is 10.8. The first-order valence-electron chi connectivity index (χ1n) is 5.19. The van der Waals surface area contributed by atoms with Gasteiger partial charge in [0.1, 0.15) is 6.07 Å². The smallest absolute Gasteiger partial charge is 0.101 e. The van der Waals surface area contributed by atoms with Gasteiger partial charge in [0.25, 0.3) is 0 Å². The highest BCUT2D eigenvalue weighted by Crippen LogP contribution is 2.32. The molecule has 0 atom stereocenters. The number of nitrogens with zero attached hydrogens (tertiary/aromatic N) is 2. The second kappa shape index (κ2) is 5.68. The van der Waals surface area contributed by atoms with E-state index in [1.54, 1.807) is 36.7 Å². The second-order valence-electron chi connectivity index (χ2n) is 3.52. The van der Waals surface area contributed by atoms with Crippen LogP contribution >= 0.6 is 23.2 Å². The molecule has 0 aliphatic heterocycles. The van der Waals surface area contributed by atoms with Crippen molar-refractivity contribution in [1.82, 2.24) is 4.98 Å². The van der Waals surface area contributed by atoms with Crippen molar-refractivity contribution in [2.45, 2.75) is 0 Å². The van der Waals surface area contributed by atoms with Crippen LogP contribution in [0.4, 0.5) is 0 Å². The molecule has 88 valence electrons. The van der Waals surface area contributed by atoms with Gasteiger partial charge in [-0.3, -0.25) is 4.98 Å². The summed E-state index contributed by atoms with van der Waals surface area (Å²) in [5.41, 5.74) is 1.67. The molecule has 0 saturated carbocycles. The van der Waals surface area contributed by atoms with E-state index in [0.717, 1.165) is 0 Å². The molecule has 0 spiro atoms. The van der Waals surface area contributed by atoms with Gasteiger partial charge in [0.15, 0.2) is 0 Å². The Kier molecular flexibility index (Phi) is 3.99. The molecule has 0 unspecified atom stereocenters. The van der Waals surface area contributed by atoms with Crippen LogP contribution in [0.15, 0.2) is 48.8 Å². The lowest BCUT2D eigenvalue weighted by Gasteiger charge is -2.05. The highest BCUT2D eigenvalue weighted by atomic mass is 35.5. The Labute approximate surface area is 115 Å². The zero-order valence-electron chi connectivity index (χ0n) is 9.27. The van der Waals surface area contributed by atoms with Crippen LogP contribution in [0.2, 0.25) is 5.02 Å². The van der Waals surface area contributed by atoms with Crippen LogP contribution in [-0.4, -0.2) is 4.98 Å². The van der Waals surface area contributed by atoms with Gasteiger partial charge in [-0.25, -0.2) is 0 Å². The standard InChI is InChI=1S/C14H8Cl2N2/c15-13-6-2-1-5-11(13)14(16)12(8-17)10-4-3-7-18-9-10/h1-7,9H/b14-12-. The molecule has 1 heterocycles. The molecule has 18 heavy (non-hydrogen) atoms. The van der Waals surface area contributed by atoms with E-state index in [2.05, 4.69) is 11.1 Å². The lowest BCUT2D eigenvalue weighted by atomic mass is 10.1. The second-order valence-corrected chi connectivity index (χ2v) is 4.31. The van der Waals surface area contributed by atoms with Crippen molar-refractivity contribution in [1.29, 1.82) is 5.26 Å². The van der Waals surface area contributed by atoms with Gasteiger partial charge in [0.05, 0.1) is 10.6 Å². The van der Waals surface area contributed by atoms with E-state index in [4.69, 9.17) is 23.2 Å². The summed E-state index contributed by atoms with van der Waals surface area (Å²) in [5.74, 6) is 0. The van der Waals surface area contributed by atoms with E-state index < -0.39 is 0 Å². The number of allylic oxidation sites excluding steroid dienone is 1. The Morgan fingerprint density at radius 1 is 1.17 bits per heavy atom. The van der Waals surface area contributed by atoms with Gasteiger partial charge >= 0.3 is 0 Å². The third-order valence-electron chi connectivity index (χ3n) is 2.39. The molecule has 0 aliphatic carbocycles. The largest absolute Gasteiger partial charge is 0.264 e. The molecule has 0 fully saturated rings. The van der Waals surface area contributed by atoms with Crippen molar-refractivity contribution in [2.75, 3.05) is 0 Å². The molecular weight excluding hydrogens is 267 g/mol. The summed E-state index contributed by atoms with van der Waals surface area (Å²) in [5, 5.41) is 10.1. The summed E-state index contributed by atoms with van der Waals surface area (Å²) < 4.78 is 0. The zero-order chi connectivity index (χ0) is 13.0. The molecule has 4 heteroatoms. The van der Waals surface area contributed by atoms with Gasteiger partial charge in [-0.2, -0.15) is 5.26 Å². The van der Waals surface area contributed by atoms with Crippen molar-refractivity contribution in [3.8, 4) is 6.07 Å². The molecule has 0 amide bonds. The van der Waals surface area contributed by atoms with E-state index in [1.165, 1.54) is 0 Å². The summed E-state index contributed by atoms with van der Waals surface area (Å²) >= 11 is 12.3. The maximum Gasteiger partial charge on any atom is 0.101 e. The Bertz CT molecular complexity index is 628. The fourth-order valence-corrected chi connectivity index (χ4v) is 2.12. The van der Waals surface area contributed by atoms with E-state index in [1.807, 2.05) is 12.1 Å². The fourth-order valence-electron chi connectivity index (χ4n) is 1.52. The number of aromatic nitrogens is 1. The Morgan fingerprint density at radius 3 is 2.56 bits per heavy atom. The molecule has 0 saturated heterocycles. The van der Waals surface area contributed by atoms with Gasteiger partial charge < -0.3 is 0 Å². The molecule has 2 rings (SSSR count). The SMILES string of the molecule is N#C/C(=C(/Cl)c1ccccc1Cl)c1cccnc1. The molecule has 2 aromatic rings. The first-order valence-corrected chi connectivity index (χ1v) is 5.95. The van der Waals surface area contributed by atoms with Crippen molar-refractivity contribution in [3.63, 3.8) is 0 Å². The molecule has 0 N–H and O–H groups in total. The number of hydrogen-bond donors (Lipinski definition) is 0. The Balaban J connectivity index is 2.59. The van der Waals surface area contributed by atoms with Crippen molar-refractivity contribution < 1.29 is 0 Å². The van der Waals surface area contributed by atoms with Gasteiger partial charge in [-0.05, 0) is 12.1 Å². The summed E-state index contributed by atoms with van der Waals surface area (Å²) in [6, 6.07) is 12.8. The average Bonchev–Trinajstić information content (AvgIpc) is 2.41. The molecule has 0 aliphatic rings. The third-order valence-corrected chi connectivity index (χ3v) is 3.11. The number of hydrogen-bond acceptors (Lipinski definition) is 2. The summed E-state index contributed by atoms with van der Waals surface area (Å²) in [4.78, 5) is 3.98. The minimum Gasteiger partial charge on any atom is -0.264 e. The molecule has 1 aromatic carbocycles. The number of rotatable bonds is 2. The maximum absolute atomic E-state index is 9.24.